The molecule has 0 aliphatic carbocycles. The molecule has 7 nitrogen and oxygen atoms in total. The molecule has 3 aromatic heterocycles. The van der Waals surface area contributed by atoms with Gasteiger partial charge in [-0.25, -0.2) is 24.9 Å². The van der Waals surface area contributed by atoms with Crippen molar-refractivity contribution in [2.45, 2.75) is 6.17 Å². The van der Waals surface area contributed by atoms with Crippen LogP contribution in [0.15, 0.2) is 160 Å². The summed E-state index contributed by atoms with van der Waals surface area (Å²) < 4.78 is 6.12. The number of nitrogens with zero attached hydrogens (tertiary/aromatic N) is 5. The molecule has 0 spiro atoms. The molecule has 9 rings (SSSR count). The molecule has 8 aromatic rings. The van der Waals surface area contributed by atoms with E-state index in [1.54, 1.807) is 0 Å². The molecule has 5 aromatic carbocycles. The number of amidine groups is 2. The summed E-state index contributed by atoms with van der Waals surface area (Å²) in [6.45, 7) is 0. The van der Waals surface area contributed by atoms with Crippen LogP contribution in [0.2, 0.25) is 0 Å². The fraction of sp³-hybridized carbons (Fsp3) is 0.0250. The second kappa shape index (κ2) is 11.2. The van der Waals surface area contributed by atoms with E-state index in [4.69, 9.17) is 29.4 Å². The standard InChI is InChI=1S/C40H26N6O/c1-3-11-26(12-4-1)37-44-38(27-13-5-2-6-14-27)46-39(45-37)28-21-19-25(20-22-28)35-36(42-32-17-9-8-16-31(32)41-35)33-24-23-30-29-15-7-10-18-34(29)47-40(30)43-33/h1-24,37H,(H,44,45,46). The van der Waals surface area contributed by atoms with Gasteiger partial charge in [-0.3, -0.25) is 0 Å². The fourth-order valence-electron chi connectivity index (χ4n) is 6.02. The number of furan rings is 1. The van der Waals surface area contributed by atoms with Gasteiger partial charge in [0.1, 0.15) is 23.3 Å². The van der Waals surface area contributed by atoms with Gasteiger partial charge in [0.2, 0.25) is 5.71 Å². The first kappa shape index (κ1) is 26.9. The van der Waals surface area contributed by atoms with E-state index >= 15 is 0 Å². The number of hydrogen-bond donors (Lipinski definition) is 1. The van der Waals surface area contributed by atoms with E-state index in [9.17, 15) is 0 Å². The summed E-state index contributed by atoms with van der Waals surface area (Å²) in [5.41, 5.74) is 8.99. The highest BCUT2D eigenvalue weighted by molar-refractivity contribution is 6.13. The lowest BCUT2D eigenvalue weighted by atomic mass is 10.0. The maximum Gasteiger partial charge on any atom is 0.227 e. The number of rotatable bonds is 5. The molecule has 7 heteroatoms. The third-order valence-corrected chi connectivity index (χ3v) is 8.38. The molecule has 0 amide bonds. The Morgan fingerprint density at radius 3 is 1.96 bits per heavy atom. The Hall–Kier alpha value is -6.47. The van der Waals surface area contributed by atoms with Crippen molar-refractivity contribution in [3.63, 3.8) is 0 Å². The normalized spacial score (nSPS) is 14.6. The van der Waals surface area contributed by atoms with E-state index in [0.717, 1.165) is 61.2 Å². The van der Waals surface area contributed by atoms with Crippen LogP contribution in [0, 0.1) is 0 Å². The molecular formula is C40H26N6O. The summed E-state index contributed by atoms with van der Waals surface area (Å²) in [6, 6.07) is 48.5. The van der Waals surface area contributed by atoms with E-state index in [-0.39, 0.29) is 6.17 Å². The summed E-state index contributed by atoms with van der Waals surface area (Å²) in [5.74, 6) is 1.44. The van der Waals surface area contributed by atoms with E-state index in [1.807, 2.05) is 109 Å². The predicted octanol–water partition coefficient (Wildman–Crippen LogP) is 8.75. The number of para-hydroxylation sites is 3. The van der Waals surface area contributed by atoms with Gasteiger partial charge >= 0.3 is 0 Å². The number of aromatic nitrogens is 3. The molecule has 1 N–H and O–H groups in total. The van der Waals surface area contributed by atoms with Gasteiger partial charge < -0.3 is 9.73 Å². The zero-order valence-corrected chi connectivity index (χ0v) is 25.1. The zero-order chi connectivity index (χ0) is 31.2. The largest absolute Gasteiger partial charge is 0.438 e. The van der Waals surface area contributed by atoms with Gasteiger partial charge in [-0.15, -0.1) is 0 Å². The lowest BCUT2D eigenvalue weighted by Crippen LogP contribution is -2.33. The van der Waals surface area contributed by atoms with Crippen molar-refractivity contribution >= 4 is 44.8 Å². The third kappa shape index (κ3) is 4.91. The summed E-state index contributed by atoms with van der Waals surface area (Å²) in [7, 11) is 0. The summed E-state index contributed by atoms with van der Waals surface area (Å²) in [6.07, 6.45) is -0.268. The minimum atomic E-state index is -0.268. The molecule has 1 atom stereocenters. The zero-order valence-electron chi connectivity index (χ0n) is 25.1. The first-order valence-corrected chi connectivity index (χ1v) is 15.5. The van der Waals surface area contributed by atoms with Crippen molar-refractivity contribution in [3.8, 4) is 22.6 Å². The van der Waals surface area contributed by atoms with Gasteiger partial charge in [-0.1, -0.05) is 115 Å². The average Bonchev–Trinajstić information content (AvgIpc) is 3.53. The van der Waals surface area contributed by atoms with E-state index in [1.165, 1.54) is 0 Å². The van der Waals surface area contributed by atoms with Gasteiger partial charge in [0.05, 0.1) is 22.4 Å². The number of fused-ring (bicyclic) bond motifs is 4. The smallest absolute Gasteiger partial charge is 0.227 e. The second-order valence-electron chi connectivity index (χ2n) is 11.4. The number of aliphatic imine (C=N–C) groups is 2. The van der Waals surface area contributed by atoms with Crippen molar-refractivity contribution in [2.75, 3.05) is 0 Å². The van der Waals surface area contributed by atoms with Crippen molar-refractivity contribution in [1.82, 2.24) is 20.3 Å². The summed E-state index contributed by atoms with van der Waals surface area (Å²) in [4.78, 5) is 25.1. The topological polar surface area (TPSA) is 88.6 Å². The van der Waals surface area contributed by atoms with E-state index < -0.39 is 0 Å². The predicted molar refractivity (Wildman–Crippen MR) is 187 cm³/mol. The maximum absolute atomic E-state index is 6.12. The highest BCUT2D eigenvalue weighted by Gasteiger charge is 2.22. The van der Waals surface area contributed by atoms with Gasteiger partial charge in [-0.2, -0.15) is 0 Å². The first-order chi connectivity index (χ1) is 23.3. The quantitative estimate of drug-likeness (QED) is 0.212. The van der Waals surface area contributed by atoms with Crippen LogP contribution < -0.4 is 5.32 Å². The maximum atomic E-state index is 6.12. The van der Waals surface area contributed by atoms with Crippen LogP contribution in [0.5, 0.6) is 0 Å². The average molecular weight is 607 g/mol. The van der Waals surface area contributed by atoms with Crippen LogP contribution in [-0.2, 0) is 0 Å². The molecule has 0 radical (unpaired) electrons. The molecule has 4 heterocycles. The van der Waals surface area contributed by atoms with Crippen molar-refractivity contribution in [3.05, 3.63) is 162 Å². The Kier molecular flexibility index (Phi) is 6.38. The van der Waals surface area contributed by atoms with E-state index in [0.29, 0.717) is 22.9 Å². The lowest BCUT2D eigenvalue weighted by molar-refractivity contribution is 0.654. The molecule has 0 fully saturated rings. The Morgan fingerprint density at radius 1 is 0.511 bits per heavy atom. The highest BCUT2D eigenvalue weighted by atomic mass is 16.3. The summed E-state index contributed by atoms with van der Waals surface area (Å²) >= 11 is 0. The molecular weight excluding hydrogens is 580 g/mol. The molecule has 1 aliphatic rings. The van der Waals surface area contributed by atoms with Crippen LogP contribution in [0.25, 0.3) is 55.7 Å². The molecule has 0 saturated heterocycles. The SMILES string of the molecule is c1ccc(C2=NC(c3ccc(-c4nc5ccccc5nc4-c4ccc5c(n4)oc4ccccc45)cc3)=NC(c3ccccc3)N2)cc1. The Labute approximate surface area is 270 Å². The molecule has 222 valence electrons. The molecule has 47 heavy (non-hydrogen) atoms. The Morgan fingerprint density at radius 2 is 1.17 bits per heavy atom. The number of nitrogens with one attached hydrogen (secondary N) is 1. The molecule has 0 saturated carbocycles. The fourth-order valence-corrected chi connectivity index (χ4v) is 6.02. The monoisotopic (exact) mass is 606 g/mol. The first-order valence-electron chi connectivity index (χ1n) is 15.5. The van der Waals surface area contributed by atoms with Gasteiger partial charge in [0.25, 0.3) is 0 Å². The van der Waals surface area contributed by atoms with Crippen LogP contribution in [-0.4, -0.2) is 26.6 Å². The lowest BCUT2D eigenvalue weighted by Gasteiger charge is -2.23. The van der Waals surface area contributed by atoms with Gasteiger partial charge in [0, 0.05) is 27.5 Å². The Bertz CT molecular complexity index is 2490. The second-order valence-corrected chi connectivity index (χ2v) is 11.4. The minimum Gasteiger partial charge on any atom is -0.438 e. The van der Waals surface area contributed by atoms with Gasteiger partial charge in [-0.05, 0) is 35.9 Å². The van der Waals surface area contributed by atoms with Crippen LogP contribution in [0.1, 0.15) is 22.9 Å². The minimum absolute atomic E-state index is 0.268. The number of pyridine rings is 1. The number of hydrogen-bond acceptors (Lipinski definition) is 7. The van der Waals surface area contributed by atoms with E-state index in [2.05, 4.69) is 41.7 Å². The van der Waals surface area contributed by atoms with Crippen molar-refractivity contribution in [2.24, 2.45) is 9.98 Å². The highest BCUT2D eigenvalue weighted by Crippen LogP contribution is 2.34. The van der Waals surface area contributed by atoms with Crippen LogP contribution >= 0.6 is 0 Å². The third-order valence-electron chi connectivity index (χ3n) is 8.38. The van der Waals surface area contributed by atoms with Crippen LogP contribution in [0.3, 0.4) is 0 Å². The van der Waals surface area contributed by atoms with Crippen molar-refractivity contribution in [1.29, 1.82) is 0 Å². The summed E-state index contributed by atoms with van der Waals surface area (Å²) in [5, 5.41) is 5.52. The van der Waals surface area contributed by atoms with Crippen molar-refractivity contribution < 1.29 is 4.42 Å². The Balaban J connectivity index is 1.14. The molecule has 1 unspecified atom stereocenters. The van der Waals surface area contributed by atoms with Crippen LogP contribution in [0.4, 0.5) is 0 Å². The molecule has 0 bridgehead atoms. The number of benzene rings is 5. The molecule has 1 aliphatic heterocycles. The van der Waals surface area contributed by atoms with Gasteiger partial charge in [0.15, 0.2) is 5.84 Å².